The Balaban J connectivity index is 1.40. The van der Waals surface area contributed by atoms with Crippen LogP contribution in [0.2, 0.25) is 0 Å². The van der Waals surface area contributed by atoms with Crippen LogP contribution >= 0.6 is 0 Å². The van der Waals surface area contributed by atoms with Gasteiger partial charge in [0.1, 0.15) is 23.2 Å². The van der Waals surface area contributed by atoms with Crippen LogP contribution in [0.15, 0.2) is 76.0 Å². The predicted molar refractivity (Wildman–Crippen MR) is 113 cm³/mol. The van der Waals surface area contributed by atoms with Gasteiger partial charge in [0, 0.05) is 24.0 Å². The molecule has 5 aromatic rings. The maximum absolute atomic E-state index is 14.1. The van der Waals surface area contributed by atoms with Crippen LogP contribution in [-0.2, 0) is 6.42 Å². The van der Waals surface area contributed by atoms with Crippen LogP contribution < -0.4 is 0 Å². The predicted octanol–water partition coefficient (Wildman–Crippen LogP) is 4.74. The van der Waals surface area contributed by atoms with Gasteiger partial charge in [-0.05, 0) is 24.3 Å². The number of oxazole rings is 1. The summed E-state index contributed by atoms with van der Waals surface area (Å²) in [5.41, 5.74) is 2.63. The van der Waals surface area contributed by atoms with Crippen molar-refractivity contribution in [1.82, 2.24) is 19.9 Å². The van der Waals surface area contributed by atoms with Gasteiger partial charge in [0.15, 0.2) is 0 Å². The molecule has 3 aromatic heterocycles. The van der Waals surface area contributed by atoms with E-state index in [2.05, 4.69) is 15.0 Å². The highest BCUT2D eigenvalue weighted by Gasteiger charge is 2.38. The molecule has 32 heavy (non-hydrogen) atoms. The number of rotatable bonds is 3. The zero-order valence-electron chi connectivity index (χ0n) is 16.8. The summed E-state index contributed by atoms with van der Waals surface area (Å²) >= 11 is 0. The molecular formula is C24H17FN4O3. The molecule has 0 radical (unpaired) electrons. The molecular weight excluding hydrogens is 411 g/mol. The molecule has 0 saturated carbocycles. The van der Waals surface area contributed by atoms with Gasteiger partial charge in [0.2, 0.25) is 11.7 Å². The summed E-state index contributed by atoms with van der Waals surface area (Å²) in [5.74, 6) is -0.124. The molecule has 0 fully saturated rings. The highest BCUT2D eigenvalue weighted by atomic mass is 19.1. The number of aromatic amines is 1. The fraction of sp³-hybridized carbons (Fsp3) is 0.125. The SMILES string of the molecule is O=C(c1cnc(-c2ccccc2F)o1)N1CCc2[nH]cnc2[C@H]1c1cc2ccccc2o1. The smallest absolute Gasteiger partial charge is 0.292 e. The van der Waals surface area contributed by atoms with Gasteiger partial charge in [-0.2, -0.15) is 0 Å². The summed E-state index contributed by atoms with van der Waals surface area (Å²) in [6, 6.07) is 15.2. The van der Waals surface area contributed by atoms with Crippen molar-refractivity contribution in [2.24, 2.45) is 0 Å². The number of hydrogen-bond donors (Lipinski definition) is 1. The van der Waals surface area contributed by atoms with E-state index in [1.165, 1.54) is 12.3 Å². The van der Waals surface area contributed by atoms with Crippen LogP contribution in [0, 0.1) is 5.82 Å². The van der Waals surface area contributed by atoms with Crippen LogP contribution in [0.3, 0.4) is 0 Å². The Kier molecular flexibility index (Phi) is 4.17. The van der Waals surface area contributed by atoms with E-state index < -0.39 is 11.9 Å². The molecule has 1 aliphatic rings. The minimum atomic E-state index is -0.521. The first kappa shape index (κ1) is 18.6. The number of imidazole rings is 1. The molecule has 8 heteroatoms. The van der Waals surface area contributed by atoms with Gasteiger partial charge in [0.05, 0.1) is 23.8 Å². The van der Waals surface area contributed by atoms with E-state index in [9.17, 15) is 9.18 Å². The minimum absolute atomic E-state index is 0.0309. The third-order valence-electron chi connectivity index (χ3n) is 5.72. The number of aromatic nitrogens is 3. The van der Waals surface area contributed by atoms with Crippen molar-refractivity contribution in [3.05, 3.63) is 95.8 Å². The first-order valence-corrected chi connectivity index (χ1v) is 10.2. The molecule has 0 unspecified atom stereocenters. The van der Waals surface area contributed by atoms with E-state index in [0.29, 0.717) is 18.7 Å². The summed E-state index contributed by atoms with van der Waals surface area (Å²) in [7, 11) is 0. The van der Waals surface area contributed by atoms with Crippen molar-refractivity contribution < 1.29 is 18.0 Å². The second-order valence-corrected chi connectivity index (χ2v) is 7.61. The third kappa shape index (κ3) is 2.91. The van der Waals surface area contributed by atoms with E-state index >= 15 is 0 Å². The number of nitrogens with one attached hydrogen (secondary N) is 1. The van der Waals surface area contributed by atoms with Crippen molar-refractivity contribution in [2.45, 2.75) is 12.5 Å². The van der Waals surface area contributed by atoms with Crippen LogP contribution in [0.4, 0.5) is 4.39 Å². The van der Waals surface area contributed by atoms with Crippen LogP contribution in [0.5, 0.6) is 0 Å². The lowest BCUT2D eigenvalue weighted by Crippen LogP contribution is -2.40. The number of amides is 1. The zero-order chi connectivity index (χ0) is 21.7. The molecule has 158 valence electrons. The topological polar surface area (TPSA) is 88.2 Å². The molecule has 0 aliphatic carbocycles. The highest BCUT2D eigenvalue weighted by Crippen LogP contribution is 2.37. The van der Waals surface area contributed by atoms with Crippen molar-refractivity contribution >= 4 is 16.9 Å². The largest absolute Gasteiger partial charge is 0.458 e. The number of hydrogen-bond acceptors (Lipinski definition) is 5. The van der Waals surface area contributed by atoms with E-state index in [1.807, 2.05) is 30.3 Å². The molecule has 1 N–H and O–H groups in total. The maximum Gasteiger partial charge on any atom is 0.292 e. The van der Waals surface area contributed by atoms with Crippen LogP contribution in [0.25, 0.3) is 22.4 Å². The maximum atomic E-state index is 14.1. The van der Waals surface area contributed by atoms with E-state index in [1.54, 1.807) is 29.4 Å². The first-order valence-electron chi connectivity index (χ1n) is 10.2. The lowest BCUT2D eigenvalue weighted by molar-refractivity contribution is 0.0641. The van der Waals surface area contributed by atoms with Crippen molar-refractivity contribution in [3.63, 3.8) is 0 Å². The summed E-state index contributed by atoms with van der Waals surface area (Å²) in [6.07, 6.45) is 3.57. The molecule has 4 heterocycles. The summed E-state index contributed by atoms with van der Waals surface area (Å²) < 4.78 is 25.9. The molecule has 1 atom stereocenters. The second-order valence-electron chi connectivity index (χ2n) is 7.61. The molecule has 2 aromatic carbocycles. The molecule has 1 aliphatic heterocycles. The molecule has 7 nitrogen and oxygen atoms in total. The Hall–Kier alpha value is -4.20. The zero-order valence-corrected chi connectivity index (χ0v) is 16.8. The van der Waals surface area contributed by atoms with Gasteiger partial charge in [-0.15, -0.1) is 0 Å². The number of benzene rings is 2. The van der Waals surface area contributed by atoms with Gasteiger partial charge in [-0.3, -0.25) is 4.79 Å². The molecule has 1 amide bonds. The molecule has 0 spiro atoms. The average Bonchev–Trinajstić information content (AvgIpc) is 3.57. The van der Waals surface area contributed by atoms with Crippen LogP contribution in [0.1, 0.15) is 33.7 Å². The summed E-state index contributed by atoms with van der Waals surface area (Å²) in [5, 5.41) is 0.944. The summed E-state index contributed by atoms with van der Waals surface area (Å²) in [4.78, 5) is 26.9. The van der Waals surface area contributed by atoms with E-state index in [4.69, 9.17) is 8.83 Å². The minimum Gasteiger partial charge on any atom is -0.458 e. The Labute approximate surface area is 181 Å². The van der Waals surface area contributed by atoms with Crippen molar-refractivity contribution in [3.8, 4) is 11.5 Å². The van der Waals surface area contributed by atoms with Gasteiger partial charge >= 0.3 is 0 Å². The van der Waals surface area contributed by atoms with Gasteiger partial charge in [-0.25, -0.2) is 14.4 Å². The fourth-order valence-corrected chi connectivity index (χ4v) is 4.19. The molecule has 6 rings (SSSR count). The third-order valence-corrected chi connectivity index (χ3v) is 5.72. The van der Waals surface area contributed by atoms with Gasteiger partial charge < -0.3 is 18.7 Å². The van der Waals surface area contributed by atoms with Crippen molar-refractivity contribution in [2.75, 3.05) is 6.54 Å². The van der Waals surface area contributed by atoms with Crippen LogP contribution in [-0.4, -0.2) is 32.3 Å². The van der Waals surface area contributed by atoms with Gasteiger partial charge in [0.25, 0.3) is 5.91 Å². The normalized spacial score (nSPS) is 15.8. The number of carbonyl (C=O) groups excluding carboxylic acids is 1. The number of H-pyrrole nitrogens is 1. The first-order chi connectivity index (χ1) is 15.7. The number of fused-ring (bicyclic) bond motifs is 2. The Morgan fingerprint density at radius 3 is 2.81 bits per heavy atom. The quantitative estimate of drug-likeness (QED) is 0.449. The van der Waals surface area contributed by atoms with E-state index in [0.717, 1.165) is 22.4 Å². The Bertz CT molecular complexity index is 1420. The van der Waals surface area contributed by atoms with Gasteiger partial charge in [-0.1, -0.05) is 30.3 Å². The number of furan rings is 1. The number of halogens is 1. The van der Waals surface area contributed by atoms with E-state index in [-0.39, 0.29) is 23.1 Å². The average molecular weight is 428 g/mol. The van der Waals surface area contributed by atoms with Crippen molar-refractivity contribution in [1.29, 1.82) is 0 Å². The number of carbonyl (C=O) groups is 1. The molecule has 0 saturated heterocycles. The fourth-order valence-electron chi connectivity index (χ4n) is 4.19. The monoisotopic (exact) mass is 428 g/mol. The Morgan fingerprint density at radius 2 is 1.94 bits per heavy atom. The summed E-state index contributed by atoms with van der Waals surface area (Å²) in [6.45, 7) is 0.436. The lowest BCUT2D eigenvalue weighted by Gasteiger charge is -2.33. The standard InChI is InChI=1S/C24H17FN4O3/c25-16-7-3-2-6-15(16)23-26-12-20(32-23)24(30)29-10-9-17-21(28-13-27-17)22(29)19-11-14-5-1-4-8-18(14)31-19/h1-8,11-13,22H,9-10H2,(H,27,28)/t22-/m1/s1. The highest BCUT2D eigenvalue weighted by molar-refractivity contribution is 5.92. The molecule has 0 bridgehead atoms. The number of nitrogens with zero attached hydrogens (tertiary/aromatic N) is 3. The second kappa shape index (κ2) is 7.19. The number of para-hydroxylation sites is 1. The Morgan fingerprint density at radius 1 is 1.09 bits per heavy atom. The lowest BCUT2D eigenvalue weighted by atomic mass is 10.00.